The second-order valence-corrected chi connectivity index (χ2v) is 5.77. The molecule has 0 spiro atoms. The fourth-order valence-corrected chi connectivity index (χ4v) is 2.58. The summed E-state index contributed by atoms with van der Waals surface area (Å²) < 4.78 is 0.620. The first kappa shape index (κ1) is 14.4. The van der Waals surface area contributed by atoms with Crippen LogP contribution in [0.1, 0.15) is 15.5 Å². The van der Waals surface area contributed by atoms with Crippen molar-refractivity contribution in [2.45, 2.75) is 6.42 Å². The number of amides is 1. The summed E-state index contributed by atoms with van der Waals surface area (Å²) in [6, 6.07) is 1.68. The van der Waals surface area contributed by atoms with Crippen molar-refractivity contribution in [1.82, 2.24) is 9.97 Å². The van der Waals surface area contributed by atoms with Crippen molar-refractivity contribution in [2.24, 2.45) is 5.73 Å². The van der Waals surface area contributed by atoms with Crippen molar-refractivity contribution < 1.29 is 4.79 Å². The number of hydrogen-bond donors (Lipinski definition) is 2. The van der Waals surface area contributed by atoms with Crippen LogP contribution in [0.5, 0.6) is 0 Å². The van der Waals surface area contributed by atoms with Gasteiger partial charge >= 0.3 is 0 Å². The average molecular weight is 362 g/mol. The van der Waals surface area contributed by atoms with E-state index in [1.54, 1.807) is 11.4 Å². The smallest absolute Gasteiger partial charge is 0.275 e. The Morgan fingerprint density at radius 2 is 2.37 bits per heavy atom. The first-order valence-electron chi connectivity index (χ1n) is 5.37. The van der Waals surface area contributed by atoms with Gasteiger partial charge in [0.25, 0.3) is 5.91 Å². The van der Waals surface area contributed by atoms with Crippen LogP contribution < -0.4 is 11.1 Å². The topological polar surface area (TPSA) is 80.9 Å². The third kappa shape index (κ3) is 3.73. The molecule has 19 heavy (non-hydrogen) atoms. The highest BCUT2D eigenvalue weighted by atomic mass is 79.9. The SMILES string of the molecule is NCCc1nc(C(=O)Nc2cnc(Cl)c(Br)c2)cs1. The van der Waals surface area contributed by atoms with Crippen LogP contribution in [0.2, 0.25) is 5.15 Å². The molecule has 0 aromatic carbocycles. The van der Waals surface area contributed by atoms with Crippen LogP contribution in [0.25, 0.3) is 0 Å². The van der Waals surface area contributed by atoms with Crippen LogP contribution in [-0.4, -0.2) is 22.4 Å². The number of nitrogens with zero attached hydrogens (tertiary/aromatic N) is 2. The van der Waals surface area contributed by atoms with Gasteiger partial charge in [-0.2, -0.15) is 0 Å². The molecule has 0 aliphatic heterocycles. The van der Waals surface area contributed by atoms with Gasteiger partial charge in [0.05, 0.1) is 21.4 Å². The van der Waals surface area contributed by atoms with E-state index in [-0.39, 0.29) is 5.91 Å². The highest BCUT2D eigenvalue weighted by Gasteiger charge is 2.11. The number of halogens is 2. The van der Waals surface area contributed by atoms with E-state index < -0.39 is 0 Å². The Hall–Kier alpha value is -1.02. The maximum absolute atomic E-state index is 12.0. The number of pyridine rings is 1. The molecule has 0 bridgehead atoms. The Kier molecular flexibility index (Phi) is 4.87. The molecule has 0 fully saturated rings. The zero-order valence-corrected chi connectivity index (χ0v) is 12.8. The predicted octanol–water partition coefficient (Wildman–Crippen LogP) is 2.71. The fraction of sp³-hybridized carbons (Fsp3) is 0.182. The quantitative estimate of drug-likeness (QED) is 0.820. The van der Waals surface area contributed by atoms with Gasteiger partial charge in [-0.1, -0.05) is 11.6 Å². The second kappa shape index (κ2) is 6.42. The van der Waals surface area contributed by atoms with E-state index in [0.717, 1.165) is 5.01 Å². The molecule has 0 aliphatic carbocycles. The van der Waals surface area contributed by atoms with Gasteiger partial charge in [0, 0.05) is 11.8 Å². The zero-order valence-electron chi connectivity index (χ0n) is 9.69. The van der Waals surface area contributed by atoms with Gasteiger partial charge in [0.1, 0.15) is 10.8 Å². The lowest BCUT2D eigenvalue weighted by Crippen LogP contribution is -2.13. The minimum atomic E-state index is -0.282. The highest BCUT2D eigenvalue weighted by Crippen LogP contribution is 2.23. The summed E-state index contributed by atoms with van der Waals surface area (Å²) in [5.41, 5.74) is 6.37. The van der Waals surface area contributed by atoms with Gasteiger partial charge < -0.3 is 11.1 Å². The number of aromatic nitrogens is 2. The number of carbonyl (C=O) groups is 1. The number of nitrogens with one attached hydrogen (secondary N) is 1. The molecule has 1 amide bonds. The molecule has 2 aromatic rings. The molecule has 0 radical (unpaired) electrons. The molecule has 2 heterocycles. The van der Waals surface area contributed by atoms with Gasteiger partial charge in [-0.3, -0.25) is 4.79 Å². The summed E-state index contributed by atoms with van der Waals surface area (Å²) in [7, 11) is 0. The number of anilines is 1. The summed E-state index contributed by atoms with van der Waals surface area (Å²) in [6.45, 7) is 0.516. The van der Waals surface area contributed by atoms with Crippen molar-refractivity contribution >= 4 is 50.5 Å². The Balaban J connectivity index is 2.09. The van der Waals surface area contributed by atoms with Gasteiger partial charge in [-0.25, -0.2) is 9.97 Å². The maximum atomic E-state index is 12.0. The van der Waals surface area contributed by atoms with E-state index in [1.165, 1.54) is 17.5 Å². The van der Waals surface area contributed by atoms with Crippen LogP contribution in [0, 0.1) is 0 Å². The molecule has 2 rings (SSSR count). The van der Waals surface area contributed by atoms with Gasteiger partial charge in [0.2, 0.25) is 0 Å². The summed E-state index contributed by atoms with van der Waals surface area (Å²) in [4.78, 5) is 20.1. The van der Waals surface area contributed by atoms with Crippen molar-refractivity contribution in [2.75, 3.05) is 11.9 Å². The van der Waals surface area contributed by atoms with Crippen molar-refractivity contribution in [3.8, 4) is 0 Å². The van der Waals surface area contributed by atoms with E-state index in [1.807, 2.05) is 0 Å². The Bertz CT molecular complexity index is 604. The van der Waals surface area contributed by atoms with Gasteiger partial charge in [0.15, 0.2) is 0 Å². The molecule has 2 aromatic heterocycles. The van der Waals surface area contributed by atoms with E-state index >= 15 is 0 Å². The largest absolute Gasteiger partial charge is 0.330 e. The van der Waals surface area contributed by atoms with Crippen LogP contribution in [0.3, 0.4) is 0 Å². The lowest BCUT2D eigenvalue weighted by molar-refractivity contribution is 0.102. The summed E-state index contributed by atoms with van der Waals surface area (Å²) in [5, 5.41) is 5.61. The monoisotopic (exact) mass is 360 g/mol. The van der Waals surface area contributed by atoms with Crippen LogP contribution in [0.15, 0.2) is 22.1 Å². The Labute approximate surface area is 127 Å². The molecule has 3 N–H and O–H groups in total. The average Bonchev–Trinajstić information content (AvgIpc) is 2.83. The normalized spacial score (nSPS) is 10.5. The summed E-state index contributed by atoms with van der Waals surface area (Å²) in [5.74, 6) is -0.282. The number of hydrogen-bond acceptors (Lipinski definition) is 5. The predicted molar refractivity (Wildman–Crippen MR) is 79.8 cm³/mol. The molecule has 0 saturated heterocycles. The number of thiazole rings is 1. The van der Waals surface area contributed by atoms with Crippen molar-refractivity contribution in [1.29, 1.82) is 0 Å². The second-order valence-electron chi connectivity index (χ2n) is 3.62. The maximum Gasteiger partial charge on any atom is 0.275 e. The zero-order chi connectivity index (χ0) is 13.8. The summed E-state index contributed by atoms with van der Waals surface area (Å²) >= 11 is 10.4. The van der Waals surface area contributed by atoms with Crippen LogP contribution in [0.4, 0.5) is 5.69 Å². The summed E-state index contributed by atoms with van der Waals surface area (Å²) in [6.07, 6.45) is 2.16. The number of nitrogens with two attached hydrogens (primary N) is 1. The third-order valence-electron chi connectivity index (χ3n) is 2.20. The highest BCUT2D eigenvalue weighted by molar-refractivity contribution is 9.10. The van der Waals surface area contributed by atoms with Gasteiger partial charge in [-0.05, 0) is 28.5 Å². The van der Waals surface area contributed by atoms with E-state index in [2.05, 4.69) is 31.2 Å². The van der Waals surface area contributed by atoms with Crippen molar-refractivity contribution in [3.05, 3.63) is 38.0 Å². The van der Waals surface area contributed by atoms with Crippen molar-refractivity contribution in [3.63, 3.8) is 0 Å². The molecule has 8 heteroatoms. The fourth-order valence-electron chi connectivity index (χ4n) is 1.34. The minimum Gasteiger partial charge on any atom is -0.330 e. The minimum absolute atomic E-state index is 0.282. The molecule has 0 saturated carbocycles. The van der Waals surface area contributed by atoms with E-state index in [9.17, 15) is 4.79 Å². The molecule has 0 atom stereocenters. The Morgan fingerprint density at radius 1 is 1.58 bits per heavy atom. The lowest BCUT2D eigenvalue weighted by atomic mass is 10.4. The van der Waals surface area contributed by atoms with E-state index in [0.29, 0.717) is 34.0 Å². The molecule has 0 aliphatic rings. The number of rotatable bonds is 4. The molecular weight excluding hydrogens is 352 g/mol. The first-order chi connectivity index (χ1) is 9.10. The lowest BCUT2D eigenvalue weighted by Gasteiger charge is -2.03. The third-order valence-corrected chi connectivity index (χ3v) is 4.24. The van der Waals surface area contributed by atoms with Crippen LogP contribution >= 0.6 is 38.9 Å². The molecule has 5 nitrogen and oxygen atoms in total. The molecular formula is C11H10BrClN4OS. The Morgan fingerprint density at radius 3 is 3.05 bits per heavy atom. The van der Waals surface area contributed by atoms with Gasteiger partial charge in [-0.15, -0.1) is 11.3 Å². The number of carbonyl (C=O) groups excluding carboxylic acids is 1. The van der Waals surface area contributed by atoms with Crippen LogP contribution in [-0.2, 0) is 6.42 Å². The molecule has 0 unspecified atom stereocenters. The first-order valence-corrected chi connectivity index (χ1v) is 7.42. The standard InChI is InChI=1S/C11H10BrClN4OS/c12-7-3-6(4-15-10(7)13)16-11(18)8-5-19-9(17-8)1-2-14/h3-5H,1-2,14H2,(H,16,18). The molecule has 100 valence electrons. The van der Waals surface area contributed by atoms with E-state index in [4.69, 9.17) is 17.3 Å².